The second-order valence-electron chi connectivity index (χ2n) is 6.59. The molecule has 0 spiro atoms. The first-order chi connectivity index (χ1) is 12.7. The van der Waals surface area contributed by atoms with E-state index in [1.807, 2.05) is 31.3 Å². The van der Waals surface area contributed by atoms with Gasteiger partial charge in [0.1, 0.15) is 5.75 Å². The lowest BCUT2D eigenvalue weighted by Gasteiger charge is -2.19. The Bertz CT molecular complexity index is 713. The lowest BCUT2D eigenvalue weighted by atomic mass is 10.2. The molecule has 2 aromatic carbocycles. The number of benzene rings is 2. The van der Waals surface area contributed by atoms with Crippen LogP contribution in [0.4, 0.5) is 11.4 Å². The third-order valence-electron chi connectivity index (χ3n) is 4.68. The van der Waals surface area contributed by atoms with E-state index in [0.29, 0.717) is 18.2 Å². The molecular formula is C21H27N3O2. The Morgan fingerprint density at radius 1 is 1.15 bits per heavy atom. The van der Waals surface area contributed by atoms with Crippen molar-refractivity contribution in [2.45, 2.75) is 25.8 Å². The smallest absolute Gasteiger partial charge is 0.255 e. The van der Waals surface area contributed by atoms with Crippen molar-refractivity contribution in [1.29, 1.82) is 0 Å². The number of ether oxygens (including phenoxy) is 1. The van der Waals surface area contributed by atoms with Crippen LogP contribution < -0.4 is 20.3 Å². The molecule has 1 amide bonds. The van der Waals surface area contributed by atoms with Gasteiger partial charge in [-0.05, 0) is 68.4 Å². The maximum absolute atomic E-state index is 12.4. The molecule has 2 aromatic rings. The van der Waals surface area contributed by atoms with Crippen LogP contribution in [0.1, 0.15) is 30.1 Å². The van der Waals surface area contributed by atoms with Gasteiger partial charge in [0.15, 0.2) is 0 Å². The Balaban J connectivity index is 1.57. The van der Waals surface area contributed by atoms with E-state index in [2.05, 4.69) is 34.6 Å². The summed E-state index contributed by atoms with van der Waals surface area (Å²) in [5, 5.41) is 6.27. The van der Waals surface area contributed by atoms with Gasteiger partial charge in [-0.3, -0.25) is 4.79 Å². The predicted octanol–water partition coefficient (Wildman–Crippen LogP) is 3.53. The van der Waals surface area contributed by atoms with Crippen LogP contribution in [0.2, 0.25) is 0 Å². The van der Waals surface area contributed by atoms with Crippen LogP contribution in [0.5, 0.6) is 5.75 Å². The van der Waals surface area contributed by atoms with E-state index in [9.17, 15) is 4.79 Å². The number of carbonyl (C=O) groups excluding carboxylic acids is 1. The second-order valence-corrected chi connectivity index (χ2v) is 6.59. The van der Waals surface area contributed by atoms with Crippen LogP contribution in [-0.2, 0) is 0 Å². The van der Waals surface area contributed by atoms with Gasteiger partial charge < -0.3 is 20.3 Å². The van der Waals surface area contributed by atoms with Crippen molar-refractivity contribution < 1.29 is 9.53 Å². The fourth-order valence-electron chi connectivity index (χ4n) is 3.11. The van der Waals surface area contributed by atoms with E-state index in [4.69, 9.17) is 4.74 Å². The van der Waals surface area contributed by atoms with Crippen molar-refractivity contribution in [2.75, 3.05) is 37.0 Å². The average molecular weight is 353 g/mol. The van der Waals surface area contributed by atoms with Gasteiger partial charge in [0, 0.05) is 36.1 Å². The molecule has 1 heterocycles. The fraction of sp³-hybridized carbons (Fsp3) is 0.381. The zero-order valence-electron chi connectivity index (χ0n) is 15.5. The van der Waals surface area contributed by atoms with Crippen molar-refractivity contribution >= 4 is 17.3 Å². The number of carbonyl (C=O) groups is 1. The predicted molar refractivity (Wildman–Crippen MR) is 106 cm³/mol. The molecule has 5 nitrogen and oxygen atoms in total. The van der Waals surface area contributed by atoms with Gasteiger partial charge in [-0.25, -0.2) is 0 Å². The topological polar surface area (TPSA) is 53.6 Å². The van der Waals surface area contributed by atoms with Crippen LogP contribution >= 0.6 is 0 Å². The third-order valence-corrected chi connectivity index (χ3v) is 4.68. The van der Waals surface area contributed by atoms with E-state index in [-0.39, 0.29) is 5.91 Å². The molecule has 1 aliphatic rings. The zero-order valence-corrected chi connectivity index (χ0v) is 15.5. The highest BCUT2D eigenvalue weighted by Gasteiger charge is 2.20. The Labute approximate surface area is 155 Å². The molecule has 1 unspecified atom stereocenters. The highest BCUT2D eigenvalue weighted by molar-refractivity contribution is 6.04. The van der Waals surface area contributed by atoms with Gasteiger partial charge in [-0.15, -0.1) is 0 Å². The van der Waals surface area contributed by atoms with Crippen molar-refractivity contribution in [1.82, 2.24) is 5.32 Å². The minimum absolute atomic E-state index is 0.115. The third kappa shape index (κ3) is 4.55. The molecule has 0 radical (unpaired) electrons. The Hall–Kier alpha value is -2.53. The Kier molecular flexibility index (Phi) is 6.12. The quantitative estimate of drug-likeness (QED) is 0.800. The lowest BCUT2D eigenvalue weighted by molar-refractivity contribution is 0.102. The zero-order chi connectivity index (χ0) is 18.4. The summed E-state index contributed by atoms with van der Waals surface area (Å²) in [6.07, 6.45) is 2.12. The molecule has 1 aliphatic heterocycles. The summed E-state index contributed by atoms with van der Waals surface area (Å²) in [6, 6.07) is 15.8. The SMILES string of the molecule is CCCOc1ccc(C(=O)Nc2ccc(N3CCC(NC)C3)cc2)cc1. The first-order valence-corrected chi connectivity index (χ1v) is 9.26. The van der Waals surface area contributed by atoms with Crippen LogP contribution in [-0.4, -0.2) is 38.7 Å². The van der Waals surface area contributed by atoms with Crippen molar-refractivity contribution in [3.05, 3.63) is 54.1 Å². The summed E-state index contributed by atoms with van der Waals surface area (Å²) in [5.41, 5.74) is 2.61. The highest BCUT2D eigenvalue weighted by Crippen LogP contribution is 2.23. The number of hydrogen-bond donors (Lipinski definition) is 2. The van der Waals surface area contributed by atoms with E-state index < -0.39 is 0 Å². The van der Waals surface area contributed by atoms with Crippen LogP contribution in [0, 0.1) is 0 Å². The highest BCUT2D eigenvalue weighted by atomic mass is 16.5. The van der Waals surface area contributed by atoms with Crippen molar-refractivity contribution in [2.24, 2.45) is 0 Å². The molecule has 0 aromatic heterocycles. The molecule has 138 valence electrons. The number of likely N-dealkylation sites (N-methyl/N-ethyl adjacent to an activating group) is 1. The minimum Gasteiger partial charge on any atom is -0.494 e. The van der Waals surface area contributed by atoms with E-state index in [1.54, 1.807) is 12.1 Å². The Morgan fingerprint density at radius 2 is 1.88 bits per heavy atom. The van der Waals surface area contributed by atoms with Crippen molar-refractivity contribution in [3.63, 3.8) is 0 Å². The summed E-state index contributed by atoms with van der Waals surface area (Å²) in [5.74, 6) is 0.675. The maximum Gasteiger partial charge on any atom is 0.255 e. The van der Waals surface area contributed by atoms with Crippen LogP contribution in [0.25, 0.3) is 0 Å². The molecule has 2 N–H and O–H groups in total. The van der Waals surface area contributed by atoms with E-state index >= 15 is 0 Å². The monoisotopic (exact) mass is 353 g/mol. The number of amides is 1. The van der Waals surface area contributed by atoms with Crippen LogP contribution in [0.3, 0.4) is 0 Å². The molecule has 1 saturated heterocycles. The molecule has 26 heavy (non-hydrogen) atoms. The van der Waals surface area contributed by atoms with Crippen LogP contribution in [0.15, 0.2) is 48.5 Å². The molecule has 5 heteroatoms. The van der Waals surface area contributed by atoms with Gasteiger partial charge in [-0.2, -0.15) is 0 Å². The molecular weight excluding hydrogens is 326 g/mol. The first-order valence-electron chi connectivity index (χ1n) is 9.26. The standard InChI is InChI=1S/C21H27N3O2/c1-3-14-26-20-10-4-16(5-11-20)21(25)23-17-6-8-19(9-7-17)24-13-12-18(15-24)22-2/h4-11,18,22H,3,12-15H2,1-2H3,(H,23,25). The maximum atomic E-state index is 12.4. The molecule has 3 rings (SSSR count). The van der Waals surface area contributed by atoms with Gasteiger partial charge in [-0.1, -0.05) is 6.92 Å². The molecule has 1 atom stereocenters. The van der Waals surface area contributed by atoms with Gasteiger partial charge >= 0.3 is 0 Å². The van der Waals surface area contributed by atoms with Gasteiger partial charge in [0.25, 0.3) is 5.91 Å². The molecule has 0 bridgehead atoms. The lowest BCUT2D eigenvalue weighted by Crippen LogP contribution is -2.29. The number of nitrogens with one attached hydrogen (secondary N) is 2. The summed E-state index contributed by atoms with van der Waals surface area (Å²) in [6.45, 7) is 4.83. The molecule has 1 fully saturated rings. The normalized spacial score (nSPS) is 16.5. The summed E-state index contributed by atoms with van der Waals surface area (Å²) < 4.78 is 5.54. The van der Waals surface area contributed by atoms with Crippen molar-refractivity contribution in [3.8, 4) is 5.75 Å². The summed E-state index contributed by atoms with van der Waals surface area (Å²) >= 11 is 0. The molecule has 0 aliphatic carbocycles. The Morgan fingerprint density at radius 3 is 2.50 bits per heavy atom. The summed E-state index contributed by atoms with van der Waals surface area (Å²) in [4.78, 5) is 14.8. The largest absolute Gasteiger partial charge is 0.494 e. The molecule has 0 saturated carbocycles. The number of nitrogens with zero attached hydrogens (tertiary/aromatic N) is 1. The second kappa shape index (κ2) is 8.72. The van der Waals surface area contributed by atoms with E-state index in [1.165, 1.54) is 5.69 Å². The van der Waals surface area contributed by atoms with Gasteiger partial charge in [0.2, 0.25) is 0 Å². The number of anilines is 2. The fourth-order valence-corrected chi connectivity index (χ4v) is 3.11. The number of rotatable bonds is 7. The summed E-state index contributed by atoms with van der Waals surface area (Å²) in [7, 11) is 2.01. The first kappa shape index (κ1) is 18.3. The minimum atomic E-state index is -0.115. The van der Waals surface area contributed by atoms with Gasteiger partial charge in [0.05, 0.1) is 6.61 Å². The average Bonchev–Trinajstić information content (AvgIpc) is 3.16. The van der Waals surface area contributed by atoms with E-state index in [0.717, 1.165) is 37.4 Å². The number of hydrogen-bond acceptors (Lipinski definition) is 4.